The second-order valence-electron chi connectivity index (χ2n) is 4.18. The van der Waals surface area contributed by atoms with Crippen LogP contribution in [0.5, 0.6) is 0 Å². The lowest BCUT2D eigenvalue weighted by Crippen LogP contribution is -2.14. The Balaban J connectivity index is 3.11. The van der Waals surface area contributed by atoms with E-state index in [1.807, 2.05) is 6.92 Å². The molecule has 0 saturated heterocycles. The average Bonchev–Trinajstić information content (AvgIpc) is 2.43. The zero-order valence-corrected chi connectivity index (χ0v) is 12.4. The highest BCUT2D eigenvalue weighted by Gasteiger charge is 2.18. The molecule has 1 aromatic rings. The van der Waals surface area contributed by atoms with Crippen LogP contribution in [0.25, 0.3) is 0 Å². The van der Waals surface area contributed by atoms with Crippen LogP contribution in [0.15, 0.2) is 23.1 Å². The predicted octanol–water partition coefficient (Wildman–Crippen LogP) is 1.09. The maximum Gasteiger partial charge on any atom is 0.338 e. The summed E-state index contributed by atoms with van der Waals surface area (Å²) >= 11 is 0. The molecule has 0 atom stereocenters. The van der Waals surface area contributed by atoms with Crippen molar-refractivity contribution in [2.45, 2.75) is 24.8 Å². The van der Waals surface area contributed by atoms with Gasteiger partial charge in [0.05, 0.1) is 17.1 Å². The van der Waals surface area contributed by atoms with Crippen LogP contribution in [-0.2, 0) is 25.9 Å². The fourth-order valence-corrected chi connectivity index (χ4v) is 2.67. The first kappa shape index (κ1) is 16.6. The molecule has 0 aliphatic heterocycles. The fraction of sp³-hybridized carbons (Fsp3) is 0.462. The minimum absolute atomic E-state index is 0.0485. The molecule has 1 aromatic carbocycles. The van der Waals surface area contributed by atoms with Crippen molar-refractivity contribution >= 4 is 15.8 Å². The molecule has 0 unspecified atom stereocenters. The summed E-state index contributed by atoms with van der Waals surface area (Å²) < 4.78 is 33.4. The molecule has 112 valence electrons. The number of ether oxygens (including phenoxy) is 2. The Morgan fingerprint density at radius 2 is 2.05 bits per heavy atom. The van der Waals surface area contributed by atoms with E-state index in [2.05, 4.69) is 4.74 Å². The summed E-state index contributed by atoms with van der Waals surface area (Å²) in [5.41, 5.74) is 6.29. The van der Waals surface area contributed by atoms with Crippen molar-refractivity contribution in [1.29, 1.82) is 0 Å². The van der Waals surface area contributed by atoms with E-state index < -0.39 is 21.7 Å². The van der Waals surface area contributed by atoms with Gasteiger partial charge in [-0.15, -0.1) is 0 Å². The molecule has 0 saturated carbocycles. The van der Waals surface area contributed by atoms with Gasteiger partial charge in [0.15, 0.2) is 5.94 Å². The van der Waals surface area contributed by atoms with Crippen LogP contribution in [0.3, 0.4) is 0 Å². The van der Waals surface area contributed by atoms with Gasteiger partial charge in [-0.05, 0) is 30.2 Å². The SMILES string of the molecule is CCCOC(=O)c1ccc(S(=O)(=O)COC)cc1CN. The third kappa shape index (κ3) is 4.03. The molecule has 0 spiro atoms. The van der Waals surface area contributed by atoms with E-state index >= 15 is 0 Å². The molecule has 0 amide bonds. The normalized spacial score (nSPS) is 11.3. The summed E-state index contributed by atoms with van der Waals surface area (Å²) in [6, 6.07) is 4.16. The van der Waals surface area contributed by atoms with E-state index in [1.54, 1.807) is 0 Å². The molecule has 6 nitrogen and oxygen atoms in total. The molecule has 0 heterocycles. The van der Waals surface area contributed by atoms with Crippen molar-refractivity contribution in [1.82, 2.24) is 0 Å². The topological polar surface area (TPSA) is 95.7 Å². The summed E-state index contributed by atoms with van der Waals surface area (Å²) in [5.74, 6) is -0.917. The predicted molar refractivity (Wildman–Crippen MR) is 74.0 cm³/mol. The van der Waals surface area contributed by atoms with Gasteiger partial charge < -0.3 is 15.2 Å². The lowest BCUT2D eigenvalue weighted by atomic mass is 10.1. The summed E-state index contributed by atoms with van der Waals surface area (Å²) in [6.07, 6.45) is 0.712. The standard InChI is InChI=1S/C13H19NO5S/c1-3-6-19-13(15)12-5-4-11(7-10(12)8-14)20(16,17)9-18-2/h4-5,7H,3,6,8-9,14H2,1-2H3. The van der Waals surface area contributed by atoms with Crippen LogP contribution in [-0.4, -0.2) is 34.0 Å². The Kier molecular flexibility index (Phi) is 6.12. The molecule has 0 aliphatic carbocycles. The zero-order valence-electron chi connectivity index (χ0n) is 11.6. The summed E-state index contributed by atoms with van der Waals surface area (Å²) in [7, 11) is -2.23. The molecule has 7 heteroatoms. The number of rotatable bonds is 7. The summed E-state index contributed by atoms with van der Waals surface area (Å²) in [5, 5.41) is 0. The van der Waals surface area contributed by atoms with Crippen molar-refractivity contribution in [2.24, 2.45) is 5.73 Å². The van der Waals surface area contributed by atoms with Crippen molar-refractivity contribution in [3.8, 4) is 0 Å². The second kappa shape index (κ2) is 7.37. The van der Waals surface area contributed by atoms with Gasteiger partial charge in [0, 0.05) is 13.7 Å². The van der Waals surface area contributed by atoms with Gasteiger partial charge in [-0.1, -0.05) is 6.92 Å². The maximum atomic E-state index is 11.9. The molecule has 1 rings (SSSR count). The number of methoxy groups -OCH3 is 1. The van der Waals surface area contributed by atoms with Gasteiger partial charge in [0.25, 0.3) is 0 Å². The van der Waals surface area contributed by atoms with Gasteiger partial charge in [0.2, 0.25) is 9.84 Å². The second-order valence-corrected chi connectivity index (χ2v) is 6.12. The van der Waals surface area contributed by atoms with Crippen LogP contribution in [0.2, 0.25) is 0 Å². The van der Waals surface area contributed by atoms with E-state index in [4.69, 9.17) is 10.5 Å². The number of hydrogen-bond acceptors (Lipinski definition) is 6. The lowest BCUT2D eigenvalue weighted by molar-refractivity contribution is 0.0503. The largest absolute Gasteiger partial charge is 0.462 e. The highest BCUT2D eigenvalue weighted by atomic mass is 32.2. The van der Waals surface area contributed by atoms with Crippen LogP contribution < -0.4 is 5.73 Å². The van der Waals surface area contributed by atoms with Gasteiger partial charge in [-0.3, -0.25) is 0 Å². The van der Waals surface area contributed by atoms with Gasteiger partial charge in [-0.25, -0.2) is 13.2 Å². The molecule has 2 N–H and O–H groups in total. The van der Waals surface area contributed by atoms with Crippen LogP contribution >= 0.6 is 0 Å². The Bertz CT molecular complexity index is 568. The monoisotopic (exact) mass is 301 g/mol. The van der Waals surface area contributed by atoms with E-state index in [0.717, 1.165) is 0 Å². The van der Waals surface area contributed by atoms with Crippen LogP contribution in [0, 0.1) is 0 Å². The molecule has 0 aromatic heterocycles. The first-order chi connectivity index (χ1) is 9.46. The van der Waals surface area contributed by atoms with E-state index in [-0.39, 0.29) is 17.0 Å². The quantitative estimate of drug-likeness (QED) is 0.757. The number of sulfone groups is 1. The van der Waals surface area contributed by atoms with E-state index in [0.29, 0.717) is 18.6 Å². The zero-order chi connectivity index (χ0) is 15.2. The minimum atomic E-state index is -3.53. The van der Waals surface area contributed by atoms with Crippen molar-refractivity contribution in [3.63, 3.8) is 0 Å². The first-order valence-electron chi connectivity index (χ1n) is 6.18. The maximum absolute atomic E-state index is 11.9. The third-order valence-corrected chi connectivity index (χ3v) is 4.10. The Morgan fingerprint density at radius 1 is 1.35 bits per heavy atom. The summed E-state index contributed by atoms with van der Waals surface area (Å²) in [4.78, 5) is 11.9. The smallest absolute Gasteiger partial charge is 0.338 e. The Labute approximate surface area is 118 Å². The van der Waals surface area contributed by atoms with Crippen molar-refractivity contribution in [2.75, 3.05) is 19.7 Å². The third-order valence-electron chi connectivity index (χ3n) is 2.59. The van der Waals surface area contributed by atoms with E-state index in [1.165, 1.54) is 25.3 Å². The summed E-state index contributed by atoms with van der Waals surface area (Å²) in [6.45, 7) is 2.25. The van der Waals surface area contributed by atoms with Crippen molar-refractivity contribution < 1.29 is 22.7 Å². The Morgan fingerprint density at radius 3 is 2.60 bits per heavy atom. The highest BCUT2D eigenvalue weighted by molar-refractivity contribution is 7.91. The number of esters is 1. The molecular formula is C13H19NO5S. The number of hydrogen-bond donors (Lipinski definition) is 1. The van der Waals surface area contributed by atoms with Gasteiger partial charge in [-0.2, -0.15) is 0 Å². The molecule has 0 radical (unpaired) electrons. The number of carbonyl (C=O) groups is 1. The van der Waals surface area contributed by atoms with Gasteiger partial charge >= 0.3 is 5.97 Å². The van der Waals surface area contributed by atoms with Crippen molar-refractivity contribution in [3.05, 3.63) is 29.3 Å². The highest BCUT2D eigenvalue weighted by Crippen LogP contribution is 2.18. The van der Waals surface area contributed by atoms with Crippen LogP contribution in [0.1, 0.15) is 29.3 Å². The molecular weight excluding hydrogens is 282 g/mol. The molecule has 20 heavy (non-hydrogen) atoms. The van der Waals surface area contributed by atoms with Crippen LogP contribution in [0.4, 0.5) is 0 Å². The number of benzene rings is 1. The lowest BCUT2D eigenvalue weighted by Gasteiger charge is -2.10. The molecule has 0 fully saturated rings. The van der Waals surface area contributed by atoms with Gasteiger partial charge in [0.1, 0.15) is 0 Å². The molecule has 0 bridgehead atoms. The number of nitrogens with two attached hydrogens (primary N) is 1. The Hall–Kier alpha value is -1.44. The average molecular weight is 301 g/mol. The fourth-order valence-electron chi connectivity index (χ4n) is 1.63. The molecule has 0 aliphatic rings. The number of carbonyl (C=O) groups excluding carboxylic acids is 1. The first-order valence-corrected chi connectivity index (χ1v) is 7.83. The van der Waals surface area contributed by atoms with E-state index in [9.17, 15) is 13.2 Å². The minimum Gasteiger partial charge on any atom is -0.462 e.